The minimum Gasteiger partial charge on any atom is -0.478 e. The lowest BCUT2D eigenvalue weighted by molar-refractivity contribution is -0.122. The maximum Gasteiger partial charge on any atom is 0.337 e. The Hall–Kier alpha value is -3.50. The van der Waals surface area contributed by atoms with Gasteiger partial charge in [0.1, 0.15) is 5.82 Å². The highest BCUT2D eigenvalue weighted by molar-refractivity contribution is 6.08. The van der Waals surface area contributed by atoms with Crippen molar-refractivity contribution in [1.29, 1.82) is 0 Å². The number of carboxylic acids is 1. The van der Waals surface area contributed by atoms with Gasteiger partial charge in [0.05, 0.1) is 23.4 Å². The first-order valence-electron chi connectivity index (χ1n) is 11.0. The van der Waals surface area contributed by atoms with Crippen LogP contribution in [0.25, 0.3) is 0 Å². The van der Waals surface area contributed by atoms with E-state index < -0.39 is 17.7 Å². The lowest BCUT2D eigenvalue weighted by atomic mass is 10.1. The van der Waals surface area contributed by atoms with Crippen molar-refractivity contribution in [3.05, 3.63) is 59.4 Å². The summed E-state index contributed by atoms with van der Waals surface area (Å²) < 4.78 is 18.9. The van der Waals surface area contributed by atoms with Crippen LogP contribution in [0.15, 0.2) is 42.5 Å². The minimum atomic E-state index is -1.20. The molecule has 0 bridgehead atoms. The maximum atomic E-state index is 13.9. The number of rotatable bonds is 10. The van der Waals surface area contributed by atoms with Gasteiger partial charge in [-0.3, -0.25) is 14.5 Å². The van der Waals surface area contributed by atoms with E-state index >= 15 is 0 Å². The molecule has 0 unspecified atom stereocenters. The van der Waals surface area contributed by atoms with Gasteiger partial charge < -0.3 is 25.4 Å². The van der Waals surface area contributed by atoms with Crippen LogP contribution in [-0.2, 0) is 9.53 Å². The number of aromatic carboxylic acids is 1. The first-order valence-corrected chi connectivity index (χ1v) is 11.0. The van der Waals surface area contributed by atoms with Crippen molar-refractivity contribution in [3.63, 3.8) is 0 Å². The van der Waals surface area contributed by atoms with Crippen molar-refractivity contribution in [2.45, 2.75) is 6.42 Å². The second kappa shape index (κ2) is 12.1. The average Bonchev–Trinajstić information content (AvgIpc) is 2.83. The van der Waals surface area contributed by atoms with Crippen LogP contribution in [0.1, 0.15) is 27.1 Å². The average molecular weight is 473 g/mol. The third kappa shape index (κ3) is 6.75. The highest BCUT2D eigenvalue weighted by Gasteiger charge is 2.22. The number of carbonyl (C=O) groups excluding carboxylic acids is 2. The van der Waals surface area contributed by atoms with Crippen molar-refractivity contribution >= 4 is 29.2 Å². The van der Waals surface area contributed by atoms with Gasteiger partial charge in [-0.05, 0) is 36.8 Å². The molecule has 1 saturated heterocycles. The van der Waals surface area contributed by atoms with Crippen molar-refractivity contribution in [3.8, 4) is 0 Å². The molecule has 182 valence electrons. The number of carbonyl (C=O) groups is 3. The molecule has 1 aliphatic rings. The zero-order valence-electron chi connectivity index (χ0n) is 19.1. The van der Waals surface area contributed by atoms with Crippen LogP contribution >= 0.6 is 0 Å². The lowest BCUT2D eigenvalue weighted by Crippen LogP contribution is -2.49. The largest absolute Gasteiger partial charge is 0.478 e. The van der Waals surface area contributed by atoms with Gasteiger partial charge in [0, 0.05) is 52.1 Å². The SMILES string of the molecule is COCCCNC(=O)CN1CCN(c2ccc(NC(=O)c3ccccc3F)c(C(=O)O)c2)CC1. The fourth-order valence-corrected chi connectivity index (χ4v) is 3.72. The van der Waals surface area contributed by atoms with Crippen molar-refractivity contribution in [2.75, 3.05) is 63.2 Å². The monoisotopic (exact) mass is 472 g/mol. The Labute approximate surface area is 197 Å². The molecular weight excluding hydrogens is 443 g/mol. The summed E-state index contributed by atoms with van der Waals surface area (Å²) in [6.07, 6.45) is 0.763. The summed E-state index contributed by atoms with van der Waals surface area (Å²) in [4.78, 5) is 40.4. The second-order valence-corrected chi connectivity index (χ2v) is 7.93. The van der Waals surface area contributed by atoms with Gasteiger partial charge in [-0.1, -0.05) is 12.1 Å². The van der Waals surface area contributed by atoms with Gasteiger partial charge in [0.25, 0.3) is 5.91 Å². The normalized spacial score (nSPS) is 14.0. The topological polar surface area (TPSA) is 111 Å². The number of halogens is 1. The molecule has 9 nitrogen and oxygen atoms in total. The van der Waals surface area contributed by atoms with Gasteiger partial charge in [-0.25, -0.2) is 9.18 Å². The molecule has 2 aromatic rings. The van der Waals surface area contributed by atoms with E-state index in [0.29, 0.717) is 51.6 Å². The number of piperazine rings is 1. The zero-order chi connectivity index (χ0) is 24.5. The summed E-state index contributed by atoms with van der Waals surface area (Å²) >= 11 is 0. The summed E-state index contributed by atoms with van der Waals surface area (Å²) in [6.45, 7) is 4.03. The predicted octanol–water partition coefficient (Wildman–Crippen LogP) is 2.05. The van der Waals surface area contributed by atoms with E-state index in [4.69, 9.17) is 4.74 Å². The Morgan fingerprint density at radius 1 is 1.06 bits per heavy atom. The first-order chi connectivity index (χ1) is 16.4. The van der Waals surface area contributed by atoms with Crippen LogP contribution < -0.4 is 15.5 Å². The number of amides is 2. The molecule has 0 saturated carbocycles. The van der Waals surface area contributed by atoms with E-state index in [-0.39, 0.29) is 22.7 Å². The predicted molar refractivity (Wildman–Crippen MR) is 126 cm³/mol. The fourth-order valence-electron chi connectivity index (χ4n) is 3.72. The maximum absolute atomic E-state index is 13.9. The summed E-state index contributed by atoms with van der Waals surface area (Å²) in [6, 6.07) is 10.2. The Kier molecular flexibility index (Phi) is 8.94. The molecule has 0 aliphatic carbocycles. The van der Waals surface area contributed by atoms with Gasteiger partial charge in [0.15, 0.2) is 0 Å². The van der Waals surface area contributed by atoms with Crippen LogP contribution in [0.4, 0.5) is 15.8 Å². The number of anilines is 2. The summed E-state index contributed by atoms with van der Waals surface area (Å²) in [5.41, 5.74) is 0.542. The molecule has 2 aromatic carbocycles. The van der Waals surface area contributed by atoms with Crippen LogP contribution in [-0.4, -0.2) is 80.8 Å². The summed E-state index contributed by atoms with van der Waals surface area (Å²) in [5.74, 6) is -2.64. The van der Waals surface area contributed by atoms with Crippen LogP contribution in [0.3, 0.4) is 0 Å². The summed E-state index contributed by atoms with van der Waals surface area (Å²) in [7, 11) is 1.62. The number of methoxy groups -OCH3 is 1. The number of nitrogens with zero attached hydrogens (tertiary/aromatic N) is 2. The lowest BCUT2D eigenvalue weighted by Gasteiger charge is -2.36. The van der Waals surface area contributed by atoms with Gasteiger partial charge in [-0.2, -0.15) is 0 Å². The minimum absolute atomic E-state index is 0.0346. The van der Waals surface area contributed by atoms with Gasteiger partial charge in [0.2, 0.25) is 5.91 Å². The van der Waals surface area contributed by atoms with E-state index in [1.54, 1.807) is 13.2 Å². The molecule has 3 N–H and O–H groups in total. The highest BCUT2D eigenvalue weighted by Crippen LogP contribution is 2.25. The molecule has 10 heteroatoms. The Morgan fingerprint density at radius 2 is 1.79 bits per heavy atom. The van der Waals surface area contributed by atoms with E-state index in [9.17, 15) is 23.9 Å². The molecule has 2 amide bonds. The van der Waals surface area contributed by atoms with Crippen LogP contribution in [0, 0.1) is 5.82 Å². The molecule has 1 aliphatic heterocycles. The number of nitrogens with one attached hydrogen (secondary N) is 2. The van der Waals surface area contributed by atoms with E-state index in [2.05, 4.69) is 10.6 Å². The van der Waals surface area contributed by atoms with Crippen molar-refractivity contribution in [1.82, 2.24) is 10.2 Å². The van der Waals surface area contributed by atoms with E-state index in [0.717, 1.165) is 6.42 Å². The van der Waals surface area contributed by atoms with Crippen molar-refractivity contribution in [2.24, 2.45) is 0 Å². The fraction of sp³-hybridized carbons (Fsp3) is 0.375. The second-order valence-electron chi connectivity index (χ2n) is 7.93. The highest BCUT2D eigenvalue weighted by atomic mass is 19.1. The van der Waals surface area contributed by atoms with Crippen LogP contribution in [0.2, 0.25) is 0 Å². The Balaban J connectivity index is 1.59. The Morgan fingerprint density at radius 3 is 2.47 bits per heavy atom. The van der Waals surface area contributed by atoms with Crippen molar-refractivity contribution < 1.29 is 28.6 Å². The zero-order valence-corrected chi connectivity index (χ0v) is 19.1. The molecule has 34 heavy (non-hydrogen) atoms. The van der Waals surface area contributed by atoms with E-state index in [1.807, 2.05) is 9.80 Å². The number of ether oxygens (including phenoxy) is 1. The molecule has 0 atom stereocenters. The third-order valence-corrected chi connectivity index (χ3v) is 5.55. The quantitative estimate of drug-likeness (QED) is 0.454. The number of hydrogen-bond donors (Lipinski definition) is 3. The number of hydrogen-bond acceptors (Lipinski definition) is 6. The Bertz CT molecular complexity index is 1020. The number of benzene rings is 2. The smallest absolute Gasteiger partial charge is 0.337 e. The molecule has 3 rings (SSSR count). The summed E-state index contributed by atoms with van der Waals surface area (Å²) in [5, 5.41) is 15.0. The van der Waals surface area contributed by atoms with Gasteiger partial charge >= 0.3 is 5.97 Å². The third-order valence-electron chi connectivity index (χ3n) is 5.55. The molecule has 0 spiro atoms. The molecule has 1 heterocycles. The van der Waals surface area contributed by atoms with E-state index in [1.165, 1.54) is 36.4 Å². The molecular formula is C24H29FN4O5. The van der Waals surface area contributed by atoms with Crippen LogP contribution in [0.5, 0.6) is 0 Å². The molecule has 1 fully saturated rings. The molecule has 0 aromatic heterocycles. The standard InChI is InChI=1S/C24H29FN4O5/c1-34-14-4-9-26-22(30)16-28-10-12-29(13-11-28)17-7-8-21(19(15-17)24(32)33)27-23(31)18-5-2-3-6-20(18)25/h2-3,5-8,15H,4,9-14,16H2,1H3,(H,26,30)(H,27,31)(H,32,33). The molecule has 0 radical (unpaired) electrons. The number of carboxylic acid groups (broad SMARTS) is 1. The van der Waals surface area contributed by atoms with Gasteiger partial charge in [-0.15, -0.1) is 0 Å². The first kappa shape index (κ1) is 25.1.